The van der Waals surface area contributed by atoms with Crippen LogP contribution in [0.4, 0.5) is 14.5 Å². The summed E-state index contributed by atoms with van der Waals surface area (Å²) in [5, 5.41) is 13.4. The average molecular weight is 294 g/mol. The SMILES string of the molecule is CNCc1cc(F)ccc1Oc1ccc([N+](=O)[O-])cc1F. The largest absolute Gasteiger partial charge is 0.454 e. The van der Waals surface area contributed by atoms with Crippen molar-refractivity contribution in [1.29, 1.82) is 0 Å². The van der Waals surface area contributed by atoms with Crippen molar-refractivity contribution < 1.29 is 18.4 Å². The van der Waals surface area contributed by atoms with Gasteiger partial charge in [0.25, 0.3) is 5.69 Å². The Morgan fingerprint density at radius 3 is 2.52 bits per heavy atom. The predicted molar refractivity (Wildman–Crippen MR) is 72.3 cm³/mol. The van der Waals surface area contributed by atoms with Gasteiger partial charge in [-0.25, -0.2) is 8.78 Å². The summed E-state index contributed by atoms with van der Waals surface area (Å²) >= 11 is 0. The molecule has 0 saturated heterocycles. The van der Waals surface area contributed by atoms with Gasteiger partial charge in [0.05, 0.1) is 11.0 Å². The van der Waals surface area contributed by atoms with Crippen molar-refractivity contribution in [3.05, 3.63) is 63.7 Å². The molecule has 0 amide bonds. The zero-order chi connectivity index (χ0) is 15.4. The molecule has 21 heavy (non-hydrogen) atoms. The van der Waals surface area contributed by atoms with Gasteiger partial charge in [0, 0.05) is 18.2 Å². The van der Waals surface area contributed by atoms with Crippen molar-refractivity contribution in [3.63, 3.8) is 0 Å². The molecule has 0 fully saturated rings. The van der Waals surface area contributed by atoms with Gasteiger partial charge in [0.15, 0.2) is 11.6 Å². The maximum atomic E-state index is 13.8. The van der Waals surface area contributed by atoms with E-state index in [1.807, 2.05) is 0 Å². The van der Waals surface area contributed by atoms with Gasteiger partial charge >= 0.3 is 0 Å². The zero-order valence-electron chi connectivity index (χ0n) is 11.1. The van der Waals surface area contributed by atoms with Crippen molar-refractivity contribution in [1.82, 2.24) is 5.32 Å². The Labute approximate surface area is 119 Å². The van der Waals surface area contributed by atoms with E-state index >= 15 is 0 Å². The molecule has 2 aromatic carbocycles. The molecule has 0 aromatic heterocycles. The van der Waals surface area contributed by atoms with E-state index in [1.165, 1.54) is 24.3 Å². The fourth-order valence-electron chi connectivity index (χ4n) is 1.78. The molecular formula is C14H12F2N2O3. The molecule has 2 rings (SSSR count). The number of hydrogen-bond acceptors (Lipinski definition) is 4. The maximum Gasteiger partial charge on any atom is 0.272 e. The van der Waals surface area contributed by atoms with Crippen LogP contribution in [0.3, 0.4) is 0 Å². The number of nitrogens with zero attached hydrogens (tertiary/aromatic N) is 1. The minimum absolute atomic E-state index is 0.162. The molecule has 2 aromatic rings. The van der Waals surface area contributed by atoms with Gasteiger partial charge in [-0.05, 0) is 31.3 Å². The van der Waals surface area contributed by atoms with Crippen LogP contribution < -0.4 is 10.1 Å². The first kappa shape index (κ1) is 14.9. The van der Waals surface area contributed by atoms with Crippen LogP contribution in [-0.4, -0.2) is 12.0 Å². The van der Waals surface area contributed by atoms with Crippen molar-refractivity contribution >= 4 is 5.69 Å². The standard InChI is InChI=1S/C14H12F2N2O3/c1-17-8-9-6-10(15)2-4-13(9)21-14-5-3-11(18(19)20)7-12(14)16/h2-7,17H,8H2,1H3. The fraction of sp³-hybridized carbons (Fsp3) is 0.143. The first-order valence-electron chi connectivity index (χ1n) is 6.06. The van der Waals surface area contributed by atoms with Crippen molar-refractivity contribution in [2.45, 2.75) is 6.54 Å². The number of hydrogen-bond donors (Lipinski definition) is 1. The van der Waals surface area contributed by atoms with E-state index in [0.29, 0.717) is 12.1 Å². The highest BCUT2D eigenvalue weighted by molar-refractivity contribution is 5.42. The third kappa shape index (κ3) is 3.51. The van der Waals surface area contributed by atoms with Crippen LogP contribution in [0.25, 0.3) is 0 Å². The van der Waals surface area contributed by atoms with Crippen molar-refractivity contribution in [3.8, 4) is 11.5 Å². The zero-order valence-corrected chi connectivity index (χ0v) is 11.1. The lowest BCUT2D eigenvalue weighted by atomic mass is 10.2. The summed E-state index contributed by atoms with van der Waals surface area (Å²) < 4.78 is 32.4. The topological polar surface area (TPSA) is 64.4 Å². The minimum atomic E-state index is -0.857. The highest BCUT2D eigenvalue weighted by atomic mass is 19.1. The van der Waals surface area contributed by atoms with Crippen molar-refractivity contribution in [2.75, 3.05) is 7.05 Å². The van der Waals surface area contributed by atoms with Gasteiger partial charge < -0.3 is 10.1 Å². The quantitative estimate of drug-likeness (QED) is 0.678. The van der Waals surface area contributed by atoms with E-state index in [2.05, 4.69) is 5.32 Å². The van der Waals surface area contributed by atoms with E-state index in [1.54, 1.807) is 7.05 Å². The van der Waals surface area contributed by atoms with Crippen LogP contribution in [-0.2, 0) is 6.54 Å². The van der Waals surface area contributed by atoms with E-state index in [9.17, 15) is 18.9 Å². The highest BCUT2D eigenvalue weighted by Crippen LogP contribution is 2.30. The Morgan fingerprint density at radius 2 is 1.90 bits per heavy atom. The van der Waals surface area contributed by atoms with Crippen LogP contribution in [0.1, 0.15) is 5.56 Å². The molecule has 1 N–H and O–H groups in total. The Bertz CT molecular complexity index is 677. The molecule has 0 spiro atoms. The van der Waals surface area contributed by atoms with Crippen LogP contribution in [0.15, 0.2) is 36.4 Å². The van der Waals surface area contributed by atoms with Gasteiger partial charge in [0.2, 0.25) is 0 Å². The number of ether oxygens (including phenoxy) is 1. The van der Waals surface area contributed by atoms with Crippen LogP contribution in [0, 0.1) is 21.7 Å². The molecule has 7 heteroatoms. The predicted octanol–water partition coefficient (Wildman–Crippen LogP) is 3.38. The monoisotopic (exact) mass is 294 g/mol. The number of non-ortho nitro benzene ring substituents is 1. The second kappa shape index (κ2) is 6.27. The van der Waals surface area contributed by atoms with Gasteiger partial charge in [-0.3, -0.25) is 10.1 Å². The third-order valence-corrected chi connectivity index (χ3v) is 2.74. The summed E-state index contributed by atoms with van der Waals surface area (Å²) in [5.74, 6) is -1.18. The molecule has 0 aliphatic rings. The van der Waals surface area contributed by atoms with Gasteiger partial charge in [-0.2, -0.15) is 0 Å². The van der Waals surface area contributed by atoms with E-state index in [0.717, 1.165) is 12.1 Å². The lowest BCUT2D eigenvalue weighted by molar-refractivity contribution is -0.385. The molecule has 0 saturated carbocycles. The summed E-state index contributed by atoms with van der Waals surface area (Å²) in [6, 6.07) is 6.92. The molecule has 0 radical (unpaired) electrons. The number of nitro benzene ring substituents is 1. The second-order valence-corrected chi connectivity index (χ2v) is 4.26. The second-order valence-electron chi connectivity index (χ2n) is 4.26. The number of rotatable bonds is 5. The van der Waals surface area contributed by atoms with E-state index in [-0.39, 0.29) is 17.2 Å². The molecule has 0 bridgehead atoms. The molecule has 110 valence electrons. The number of nitro groups is 1. The Balaban J connectivity index is 2.32. The van der Waals surface area contributed by atoms with Gasteiger partial charge in [-0.15, -0.1) is 0 Å². The molecule has 0 aliphatic heterocycles. The number of benzene rings is 2. The number of nitrogens with one attached hydrogen (secondary N) is 1. The lowest BCUT2D eigenvalue weighted by Gasteiger charge is -2.11. The average Bonchev–Trinajstić information content (AvgIpc) is 2.43. The summed E-state index contributed by atoms with van der Waals surface area (Å²) in [6.07, 6.45) is 0. The Hall–Kier alpha value is -2.54. The van der Waals surface area contributed by atoms with Crippen LogP contribution in [0.5, 0.6) is 11.5 Å². The molecule has 0 unspecified atom stereocenters. The van der Waals surface area contributed by atoms with E-state index < -0.39 is 16.6 Å². The highest BCUT2D eigenvalue weighted by Gasteiger charge is 2.14. The molecule has 0 atom stereocenters. The van der Waals surface area contributed by atoms with Crippen LogP contribution >= 0.6 is 0 Å². The van der Waals surface area contributed by atoms with Gasteiger partial charge in [0.1, 0.15) is 11.6 Å². The smallest absolute Gasteiger partial charge is 0.272 e. The fourth-order valence-corrected chi connectivity index (χ4v) is 1.78. The minimum Gasteiger partial charge on any atom is -0.454 e. The summed E-state index contributed by atoms with van der Waals surface area (Å²) in [5.41, 5.74) is 0.143. The number of halogens is 2. The van der Waals surface area contributed by atoms with E-state index in [4.69, 9.17) is 4.74 Å². The van der Waals surface area contributed by atoms with Crippen molar-refractivity contribution in [2.24, 2.45) is 0 Å². The molecule has 5 nitrogen and oxygen atoms in total. The maximum absolute atomic E-state index is 13.8. The summed E-state index contributed by atoms with van der Waals surface area (Å²) in [4.78, 5) is 9.85. The van der Waals surface area contributed by atoms with Gasteiger partial charge in [-0.1, -0.05) is 0 Å². The lowest BCUT2D eigenvalue weighted by Crippen LogP contribution is -2.07. The molecule has 0 aliphatic carbocycles. The summed E-state index contributed by atoms with van der Waals surface area (Å²) in [6.45, 7) is 0.335. The first-order valence-corrected chi connectivity index (χ1v) is 6.06. The Kier molecular flexibility index (Phi) is 4.44. The summed E-state index contributed by atoms with van der Waals surface area (Å²) in [7, 11) is 1.68. The third-order valence-electron chi connectivity index (χ3n) is 2.74. The Morgan fingerprint density at radius 1 is 1.19 bits per heavy atom. The molecular weight excluding hydrogens is 282 g/mol. The normalized spacial score (nSPS) is 10.4. The van der Waals surface area contributed by atoms with Crippen LogP contribution in [0.2, 0.25) is 0 Å². The molecule has 0 heterocycles. The first-order chi connectivity index (χ1) is 10.0.